The Balaban J connectivity index is 2.51. The van der Waals surface area contributed by atoms with Gasteiger partial charge in [-0.15, -0.1) is 0 Å². The Kier molecular flexibility index (Phi) is 2.44. The van der Waals surface area contributed by atoms with Crippen LogP contribution in [0.3, 0.4) is 0 Å². The Morgan fingerprint density at radius 2 is 2.17 bits per heavy atom. The maximum absolute atomic E-state index is 10.6. The molecule has 1 saturated heterocycles. The van der Waals surface area contributed by atoms with Crippen molar-refractivity contribution in [1.82, 2.24) is 0 Å². The Bertz CT molecular complexity index is 257. The van der Waals surface area contributed by atoms with Gasteiger partial charge in [0.05, 0.1) is 13.2 Å². The normalized spacial score (nSPS) is 24.6. The van der Waals surface area contributed by atoms with Gasteiger partial charge in [-0.05, 0) is 6.42 Å². The van der Waals surface area contributed by atoms with Crippen molar-refractivity contribution < 1.29 is 18.3 Å². The van der Waals surface area contributed by atoms with E-state index in [9.17, 15) is 8.42 Å². The highest BCUT2D eigenvalue weighted by Gasteiger charge is 2.38. The minimum absolute atomic E-state index is 0.145. The fraction of sp³-hybridized carbons (Fsp3) is 1.00. The van der Waals surface area contributed by atoms with E-state index in [4.69, 9.17) is 15.0 Å². The van der Waals surface area contributed by atoms with E-state index < -0.39 is 15.5 Å². The number of ether oxygens (including phenoxy) is 1. The van der Waals surface area contributed by atoms with Crippen molar-refractivity contribution >= 4 is 10.0 Å². The fourth-order valence-corrected chi connectivity index (χ4v) is 1.74. The summed E-state index contributed by atoms with van der Waals surface area (Å²) in [5, 5.41) is 13.9. The highest BCUT2D eigenvalue weighted by Crippen LogP contribution is 2.32. The van der Waals surface area contributed by atoms with E-state index in [1.807, 2.05) is 6.92 Å². The lowest BCUT2D eigenvalue weighted by molar-refractivity contribution is -0.114. The molecule has 1 aliphatic heterocycles. The summed E-state index contributed by atoms with van der Waals surface area (Å²) in [5.74, 6) is 0. The minimum atomic E-state index is -3.81. The first-order chi connectivity index (χ1) is 5.33. The molecule has 0 spiro atoms. The van der Waals surface area contributed by atoms with Crippen LogP contribution in [0.1, 0.15) is 13.3 Å². The van der Waals surface area contributed by atoms with Crippen LogP contribution in [-0.4, -0.2) is 32.2 Å². The zero-order chi connectivity index (χ0) is 9.41. The molecule has 1 fully saturated rings. The molecular weight excluding hydrogens is 182 g/mol. The molecular formula is C6H13NO4S. The molecule has 5 nitrogen and oxygen atoms in total. The van der Waals surface area contributed by atoms with Gasteiger partial charge >= 0.3 is 0 Å². The summed E-state index contributed by atoms with van der Waals surface area (Å²) in [6.07, 6.45) is 0.145. The Hall–Kier alpha value is -0.170. The van der Waals surface area contributed by atoms with Crippen LogP contribution in [0.2, 0.25) is 0 Å². The van der Waals surface area contributed by atoms with Crippen LogP contribution >= 0.6 is 0 Å². The second-order valence-corrected chi connectivity index (χ2v) is 5.27. The van der Waals surface area contributed by atoms with Crippen molar-refractivity contribution in [2.45, 2.75) is 18.8 Å². The van der Waals surface area contributed by atoms with Crippen molar-refractivity contribution in [2.24, 2.45) is 10.6 Å². The van der Waals surface area contributed by atoms with Crippen LogP contribution in [0.4, 0.5) is 0 Å². The fourth-order valence-electron chi connectivity index (χ4n) is 1.11. The topological polar surface area (TPSA) is 89.6 Å². The molecule has 0 aliphatic carbocycles. The van der Waals surface area contributed by atoms with E-state index in [1.54, 1.807) is 0 Å². The largest absolute Gasteiger partial charge is 0.380 e. The molecule has 3 N–H and O–H groups in total. The maximum Gasteiger partial charge on any atom is 0.235 e. The SMILES string of the molecule is CC1(CC(O)S(N)(=O)=O)COC1. The van der Waals surface area contributed by atoms with Crippen LogP contribution < -0.4 is 5.14 Å². The van der Waals surface area contributed by atoms with E-state index in [0.29, 0.717) is 13.2 Å². The molecule has 0 aromatic rings. The zero-order valence-corrected chi connectivity index (χ0v) is 7.67. The summed E-state index contributed by atoms with van der Waals surface area (Å²) >= 11 is 0. The Morgan fingerprint density at radius 3 is 2.42 bits per heavy atom. The predicted molar refractivity (Wildman–Crippen MR) is 42.7 cm³/mol. The van der Waals surface area contributed by atoms with E-state index in [0.717, 1.165) is 0 Å². The first-order valence-corrected chi connectivity index (χ1v) is 5.22. The minimum Gasteiger partial charge on any atom is -0.380 e. The van der Waals surface area contributed by atoms with Gasteiger partial charge in [-0.2, -0.15) is 0 Å². The standard InChI is InChI=1S/C6H13NO4S/c1-6(3-11-4-6)2-5(8)12(7,9)10/h5,8H,2-4H2,1H3,(H2,7,9,10). The molecule has 6 heteroatoms. The van der Waals surface area contributed by atoms with Crippen molar-refractivity contribution in [3.05, 3.63) is 0 Å². The van der Waals surface area contributed by atoms with E-state index in [2.05, 4.69) is 0 Å². The molecule has 12 heavy (non-hydrogen) atoms. The van der Waals surface area contributed by atoms with Crippen LogP contribution in [0.5, 0.6) is 0 Å². The molecule has 0 aromatic carbocycles. The number of rotatable bonds is 3. The highest BCUT2D eigenvalue weighted by atomic mass is 32.2. The summed E-state index contributed by atoms with van der Waals surface area (Å²) in [6, 6.07) is 0. The van der Waals surface area contributed by atoms with Gasteiger partial charge in [-0.25, -0.2) is 13.6 Å². The average Bonchev–Trinajstić information content (AvgIpc) is 1.82. The summed E-state index contributed by atoms with van der Waals surface area (Å²) in [4.78, 5) is 0. The van der Waals surface area contributed by atoms with E-state index in [-0.39, 0.29) is 11.8 Å². The second kappa shape index (κ2) is 2.95. The monoisotopic (exact) mass is 195 g/mol. The van der Waals surface area contributed by atoms with Crippen LogP contribution in [0, 0.1) is 5.41 Å². The molecule has 1 aliphatic rings. The van der Waals surface area contributed by atoms with Gasteiger partial charge in [0.1, 0.15) is 0 Å². The summed E-state index contributed by atoms with van der Waals surface area (Å²) in [5.41, 5.74) is -1.70. The van der Waals surface area contributed by atoms with Gasteiger partial charge in [0.15, 0.2) is 5.44 Å². The Labute approximate surface area is 71.6 Å². The lowest BCUT2D eigenvalue weighted by Crippen LogP contribution is -2.44. The van der Waals surface area contributed by atoms with Gasteiger partial charge in [0, 0.05) is 5.41 Å². The first-order valence-electron chi connectivity index (χ1n) is 3.61. The van der Waals surface area contributed by atoms with Crippen molar-refractivity contribution in [3.63, 3.8) is 0 Å². The number of sulfonamides is 1. The quantitative estimate of drug-likeness (QED) is 0.605. The maximum atomic E-state index is 10.6. The lowest BCUT2D eigenvalue weighted by atomic mass is 9.85. The second-order valence-electron chi connectivity index (χ2n) is 3.55. The summed E-state index contributed by atoms with van der Waals surface area (Å²) in [6.45, 7) is 2.82. The number of hydrogen-bond acceptors (Lipinski definition) is 4. The molecule has 72 valence electrons. The van der Waals surface area contributed by atoms with E-state index in [1.165, 1.54) is 0 Å². The third-order valence-electron chi connectivity index (χ3n) is 1.95. The van der Waals surface area contributed by atoms with Gasteiger partial charge in [0.2, 0.25) is 10.0 Å². The third kappa shape index (κ3) is 2.16. The molecule has 0 radical (unpaired) electrons. The Morgan fingerprint density at radius 1 is 1.67 bits per heavy atom. The molecule has 1 unspecified atom stereocenters. The molecule has 0 aromatic heterocycles. The predicted octanol–water partition coefficient (Wildman–Crippen LogP) is -0.980. The number of aliphatic hydroxyl groups excluding tert-OH is 1. The lowest BCUT2D eigenvalue weighted by Gasteiger charge is -2.38. The number of aliphatic hydroxyl groups is 1. The molecule has 1 heterocycles. The van der Waals surface area contributed by atoms with Crippen molar-refractivity contribution in [2.75, 3.05) is 13.2 Å². The number of hydrogen-bond donors (Lipinski definition) is 2. The molecule has 0 bridgehead atoms. The van der Waals surface area contributed by atoms with E-state index >= 15 is 0 Å². The van der Waals surface area contributed by atoms with Gasteiger partial charge in [-0.1, -0.05) is 6.92 Å². The van der Waals surface area contributed by atoms with Crippen LogP contribution in [0.15, 0.2) is 0 Å². The molecule has 0 saturated carbocycles. The highest BCUT2D eigenvalue weighted by molar-refractivity contribution is 7.89. The van der Waals surface area contributed by atoms with Gasteiger partial charge in [-0.3, -0.25) is 0 Å². The first kappa shape index (κ1) is 9.91. The van der Waals surface area contributed by atoms with Gasteiger partial charge < -0.3 is 9.84 Å². The molecule has 0 amide bonds. The van der Waals surface area contributed by atoms with Crippen LogP contribution in [-0.2, 0) is 14.8 Å². The van der Waals surface area contributed by atoms with Gasteiger partial charge in [0.25, 0.3) is 0 Å². The number of primary sulfonamides is 1. The van der Waals surface area contributed by atoms with Crippen molar-refractivity contribution in [3.8, 4) is 0 Å². The number of nitrogens with two attached hydrogens (primary N) is 1. The zero-order valence-electron chi connectivity index (χ0n) is 6.86. The molecule has 1 rings (SSSR count). The molecule has 1 atom stereocenters. The van der Waals surface area contributed by atoms with Crippen LogP contribution in [0.25, 0.3) is 0 Å². The summed E-state index contributed by atoms with van der Waals surface area (Å²) in [7, 11) is -3.81. The van der Waals surface area contributed by atoms with Crippen molar-refractivity contribution in [1.29, 1.82) is 0 Å². The third-order valence-corrected chi connectivity index (χ3v) is 2.87. The smallest absolute Gasteiger partial charge is 0.235 e. The summed E-state index contributed by atoms with van der Waals surface area (Å²) < 4.78 is 26.2. The average molecular weight is 195 g/mol.